The van der Waals surface area contributed by atoms with Crippen molar-refractivity contribution in [2.24, 2.45) is 5.10 Å². The summed E-state index contributed by atoms with van der Waals surface area (Å²) in [5, 5.41) is 3.91. The van der Waals surface area contributed by atoms with Crippen LogP contribution < -0.4 is 14.9 Å². The molecule has 6 nitrogen and oxygen atoms in total. The van der Waals surface area contributed by atoms with Crippen LogP contribution in [0.1, 0.15) is 32.0 Å². The molecule has 0 radical (unpaired) electrons. The van der Waals surface area contributed by atoms with Gasteiger partial charge in [-0.05, 0) is 35.2 Å². The van der Waals surface area contributed by atoms with Gasteiger partial charge in [0.1, 0.15) is 6.61 Å². The highest BCUT2D eigenvalue weighted by Gasteiger charge is 2.28. The first-order chi connectivity index (χ1) is 11.4. The molecule has 1 aliphatic heterocycles. The van der Waals surface area contributed by atoms with Crippen LogP contribution in [0.5, 0.6) is 11.5 Å². The lowest BCUT2D eigenvalue weighted by Gasteiger charge is -2.27. The van der Waals surface area contributed by atoms with Gasteiger partial charge in [0, 0.05) is 6.20 Å². The number of hydrazone groups is 1. The summed E-state index contributed by atoms with van der Waals surface area (Å²) in [5.74, 6) is 0.897. The van der Waals surface area contributed by atoms with Gasteiger partial charge < -0.3 is 14.5 Å². The van der Waals surface area contributed by atoms with Crippen molar-refractivity contribution in [1.82, 2.24) is 10.4 Å². The van der Waals surface area contributed by atoms with E-state index in [0.717, 1.165) is 11.3 Å². The van der Waals surface area contributed by atoms with E-state index in [1.165, 1.54) is 6.21 Å². The molecule has 2 aromatic rings. The van der Waals surface area contributed by atoms with Crippen molar-refractivity contribution in [3.8, 4) is 11.5 Å². The van der Waals surface area contributed by atoms with E-state index >= 15 is 0 Å². The van der Waals surface area contributed by atoms with Crippen LogP contribution in [0.3, 0.4) is 0 Å². The highest BCUT2D eigenvalue weighted by Crippen LogP contribution is 2.36. The molecule has 0 spiro atoms. The average molecular weight is 327 g/mol. The predicted octanol–water partition coefficient (Wildman–Crippen LogP) is 2.60. The van der Waals surface area contributed by atoms with E-state index in [9.17, 15) is 4.79 Å². The van der Waals surface area contributed by atoms with Crippen LogP contribution in [0, 0.1) is 0 Å². The largest absolute Gasteiger partial charge is 0.485 e. The van der Waals surface area contributed by atoms with Gasteiger partial charge in [-0.2, -0.15) is 5.10 Å². The maximum Gasteiger partial charge on any atom is 0.284 e. The summed E-state index contributed by atoms with van der Waals surface area (Å²) in [6, 6.07) is 9.53. The summed E-state index contributed by atoms with van der Waals surface area (Å²) in [6.45, 7) is 6.53. The van der Waals surface area contributed by atoms with E-state index in [0.29, 0.717) is 11.5 Å². The zero-order valence-electron chi connectivity index (χ0n) is 14.0. The summed E-state index contributed by atoms with van der Waals surface area (Å²) in [4.78, 5) is 15.1. The Morgan fingerprint density at radius 3 is 2.88 bits per heavy atom. The zero-order chi connectivity index (χ0) is 17.2. The van der Waals surface area contributed by atoms with Crippen LogP contribution in [-0.4, -0.2) is 29.8 Å². The fourth-order valence-electron chi connectivity index (χ4n) is 2.33. The maximum absolute atomic E-state index is 12.2. The topological polar surface area (TPSA) is 75.7 Å². The Morgan fingerprint density at radius 1 is 1.33 bits per heavy atom. The normalized spacial score (nSPS) is 17.0. The molecular weight excluding hydrogens is 306 g/mol. The van der Waals surface area contributed by atoms with Crippen molar-refractivity contribution in [1.29, 1.82) is 0 Å². The molecule has 1 aromatic heterocycles. The number of hydrogen-bond acceptors (Lipinski definition) is 4. The predicted molar refractivity (Wildman–Crippen MR) is 91.6 cm³/mol. The number of H-pyrrole nitrogens is 1. The average Bonchev–Trinajstić information content (AvgIpc) is 3.06. The molecule has 1 aromatic carbocycles. The van der Waals surface area contributed by atoms with E-state index in [1.54, 1.807) is 6.20 Å². The highest BCUT2D eigenvalue weighted by atomic mass is 16.6. The van der Waals surface area contributed by atoms with Crippen molar-refractivity contribution in [3.05, 3.63) is 47.8 Å². The Hall–Kier alpha value is -2.76. The van der Waals surface area contributed by atoms with Crippen molar-refractivity contribution in [3.63, 3.8) is 0 Å². The number of ether oxygens (including phenoxy) is 2. The lowest BCUT2D eigenvalue weighted by molar-refractivity contribution is -0.130. The van der Waals surface area contributed by atoms with Gasteiger partial charge in [-0.1, -0.05) is 26.8 Å². The first-order valence-electron chi connectivity index (χ1n) is 7.84. The molecule has 0 bridgehead atoms. The number of aromatic amines is 1. The summed E-state index contributed by atoms with van der Waals surface area (Å²) in [5.41, 5.74) is 4.39. The molecule has 6 heteroatoms. The maximum atomic E-state index is 12.2. The number of aromatic nitrogens is 1. The van der Waals surface area contributed by atoms with Gasteiger partial charge in [0.15, 0.2) is 11.5 Å². The Bertz CT molecular complexity index is 745. The minimum absolute atomic E-state index is 0.00603. The summed E-state index contributed by atoms with van der Waals surface area (Å²) >= 11 is 0. The molecular formula is C18H21N3O3. The first-order valence-corrected chi connectivity index (χ1v) is 7.84. The molecule has 1 aliphatic rings. The second-order valence-electron chi connectivity index (χ2n) is 6.69. The van der Waals surface area contributed by atoms with E-state index in [-0.39, 0.29) is 17.9 Å². The molecule has 0 saturated heterocycles. The minimum atomic E-state index is -0.728. The number of carbonyl (C=O) groups excluding carboxylic acids is 1. The van der Waals surface area contributed by atoms with E-state index in [2.05, 4.69) is 36.3 Å². The molecule has 1 atom stereocenters. The summed E-state index contributed by atoms with van der Waals surface area (Å²) < 4.78 is 11.4. The first kappa shape index (κ1) is 16.1. The standard InChI is InChI=1S/C18H21N3O3/c1-18(2,3)12-6-7-14-15(9-12)24-16(11-23-14)17(22)21-20-10-13-5-4-8-19-13/h4-10,16,19H,11H2,1-3H3,(H,21,22)/b20-10+/t16-/m0/s1. The van der Waals surface area contributed by atoms with Crippen LogP contribution in [-0.2, 0) is 10.2 Å². The number of benzene rings is 1. The number of nitrogens with one attached hydrogen (secondary N) is 2. The number of rotatable bonds is 3. The number of nitrogens with zero attached hydrogens (tertiary/aromatic N) is 1. The fourth-order valence-corrected chi connectivity index (χ4v) is 2.33. The quantitative estimate of drug-likeness (QED) is 0.672. The third kappa shape index (κ3) is 3.59. The van der Waals surface area contributed by atoms with Crippen molar-refractivity contribution < 1.29 is 14.3 Å². The van der Waals surface area contributed by atoms with E-state index in [1.807, 2.05) is 30.3 Å². The van der Waals surface area contributed by atoms with Crippen molar-refractivity contribution >= 4 is 12.1 Å². The summed E-state index contributed by atoms with van der Waals surface area (Å²) in [6.07, 6.45) is 2.59. The Kier molecular flexibility index (Phi) is 4.29. The minimum Gasteiger partial charge on any atom is -0.485 e. The van der Waals surface area contributed by atoms with Crippen LogP contribution in [0.25, 0.3) is 0 Å². The monoisotopic (exact) mass is 327 g/mol. The number of hydrogen-bond donors (Lipinski definition) is 2. The molecule has 0 fully saturated rings. The fraction of sp³-hybridized carbons (Fsp3) is 0.333. The van der Waals surface area contributed by atoms with Crippen LogP contribution in [0.15, 0.2) is 41.6 Å². The van der Waals surface area contributed by atoms with Crippen molar-refractivity contribution in [2.75, 3.05) is 6.61 Å². The molecule has 2 N–H and O–H groups in total. The van der Waals surface area contributed by atoms with E-state index in [4.69, 9.17) is 9.47 Å². The van der Waals surface area contributed by atoms with Gasteiger partial charge in [0.25, 0.3) is 5.91 Å². The van der Waals surface area contributed by atoms with Gasteiger partial charge >= 0.3 is 0 Å². The molecule has 2 heterocycles. The second kappa shape index (κ2) is 6.39. The third-order valence-electron chi connectivity index (χ3n) is 3.76. The molecule has 126 valence electrons. The number of amides is 1. The SMILES string of the molecule is CC(C)(C)c1ccc2c(c1)O[C@H](C(=O)N/N=C/c1ccc[nH]1)CO2. The van der Waals surface area contributed by atoms with Gasteiger partial charge in [0.05, 0.1) is 11.9 Å². The third-order valence-corrected chi connectivity index (χ3v) is 3.76. The molecule has 0 unspecified atom stereocenters. The zero-order valence-corrected chi connectivity index (χ0v) is 14.0. The summed E-state index contributed by atoms with van der Waals surface area (Å²) in [7, 11) is 0. The number of fused-ring (bicyclic) bond motifs is 1. The Labute approximate surface area is 140 Å². The number of carbonyl (C=O) groups is 1. The van der Waals surface area contributed by atoms with Gasteiger partial charge in [-0.15, -0.1) is 0 Å². The van der Waals surface area contributed by atoms with Crippen LogP contribution in [0.4, 0.5) is 0 Å². The van der Waals surface area contributed by atoms with Crippen LogP contribution in [0.2, 0.25) is 0 Å². The Morgan fingerprint density at radius 2 is 2.17 bits per heavy atom. The lowest BCUT2D eigenvalue weighted by Crippen LogP contribution is -2.42. The van der Waals surface area contributed by atoms with Gasteiger partial charge in [-0.3, -0.25) is 4.79 Å². The van der Waals surface area contributed by atoms with Gasteiger partial charge in [0.2, 0.25) is 6.10 Å². The van der Waals surface area contributed by atoms with E-state index < -0.39 is 6.10 Å². The van der Waals surface area contributed by atoms with Crippen molar-refractivity contribution in [2.45, 2.75) is 32.3 Å². The lowest BCUT2D eigenvalue weighted by atomic mass is 9.87. The molecule has 24 heavy (non-hydrogen) atoms. The highest BCUT2D eigenvalue weighted by molar-refractivity contribution is 5.84. The van der Waals surface area contributed by atoms with Crippen LogP contribution >= 0.6 is 0 Å². The molecule has 3 rings (SSSR count). The smallest absolute Gasteiger partial charge is 0.284 e. The molecule has 0 saturated carbocycles. The van der Waals surface area contributed by atoms with Gasteiger partial charge in [-0.25, -0.2) is 5.43 Å². The molecule has 0 aliphatic carbocycles. The molecule has 1 amide bonds. The Balaban J connectivity index is 1.66. The second-order valence-corrected chi connectivity index (χ2v) is 6.69.